The van der Waals surface area contributed by atoms with Crippen molar-refractivity contribution >= 4 is 0 Å². The first-order chi connectivity index (χ1) is 12.3. The molecule has 0 bridgehead atoms. The van der Waals surface area contributed by atoms with Gasteiger partial charge in [-0.05, 0) is 74.3 Å². The second-order valence-corrected chi connectivity index (χ2v) is 7.28. The molecule has 136 valence electrons. The Morgan fingerprint density at radius 3 is 2.44 bits per heavy atom. The van der Waals surface area contributed by atoms with E-state index in [2.05, 4.69) is 37.8 Å². The average molecular weight is 339 g/mol. The lowest BCUT2D eigenvalue weighted by molar-refractivity contribution is 0.294. The Bertz CT molecular complexity index is 550. The molecule has 0 amide bonds. The molecule has 0 aliphatic heterocycles. The largest absolute Gasteiger partial charge is 0.494 e. The molecule has 1 heteroatoms. The van der Waals surface area contributed by atoms with Gasteiger partial charge in [-0.1, -0.05) is 57.4 Å². The third-order valence-corrected chi connectivity index (χ3v) is 5.13. The van der Waals surface area contributed by atoms with Crippen molar-refractivity contribution in [3.63, 3.8) is 0 Å². The van der Waals surface area contributed by atoms with Gasteiger partial charge in [-0.15, -0.1) is 0 Å². The summed E-state index contributed by atoms with van der Waals surface area (Å²) in [6, 6.07) is 8.14. The van der Waals surface area contributed by atoms with Gasteiger partial charge in [0.1, 0.15) is 5.75 Å². The molecule has 1 aromatic carbocycles. The predicted molar refractivity (Wildman–Crippen MR) is 108 cm³/mol. The molecule has 2 rings (SSSR count). The molecule has 0 atom stereocenters. The fraction of sp³-hybridized carbons (Fsp3) is 0.583. The zero-order valence-corrected chi connectivity index (χ0v) is 16.1. The minimum absolute atomic E-state index is 0.737. The van der Waals surface area contributed by atoms with Gasteiger partial charge in [-0.2, -0.15) is 0 Å². The molecule has 1 aromatic rings. The number of unbranched alkanes of at least 4 members (excludes halogenated alkanes) is 2. The van der Waals surface area contributed by atoms with Gasteiger partial charge in [-0.25, -0.2) is 0 Å². The van der Waals surface area contributed by atoms with Crippen molar-refractivity contribution < 1.29 is 4.74 Å². The van der Waals surface area contributed by atoms with Crippen LogP contribution in [0.3, 0.4) is 0 Å². The highest BCUT2D eigenvalue weighted by atomic mass is 16.5. The summed E-state index contributed by atoms with van der Waals surface area (Å²) in [7, 11) is 0. The summed E-state index contributed by atoms with van der Waals surface area (Å²) in [5.74, 6) is 9.08. The topological polar surface area (TPSA) is 9.23 Å². The molecule has 0 unspecified atom stereocenters. The molecule has 1 aliphatic carbocycles. The first kappa shape index (κ1) is 19.6. The lowest BCUT2D eigenvalue weighted by Crippen LogP contribution is -2.12. The van der Waals surface area contributed by atoms with Crippen LogP contribution < -0.4 is 4.74 Å². The molecule has 0 radical (unpaired) electrons. The summed E-state index contributed by atoms with van der Waals surface area (Å²) in [6.07, 6.45) is 16.2. The van der Waals surface area contributed by atoms with Gasteiger partial charge in [0.2, 0.25) is 0 Å². The molecule has 25 heavy (non-hydrogen) atoms. The fourth-order valence-electron chi connectivity index (χ4n) is 3.56. The lowest BCUT2D eigenvalue weighted by Gasteiger charge is -2.26. The molecular weight excluding hydrogens is 304 g/mol. The lowest BCUT2D eigenvalue weighted by atomic mass is 9.80. The number of ether oxygens (including phenoxy) is 1. The third kappa shape index (κ3) is 7.82. The van der Waals surface area contributed by atoms with Crippen LogP contribution in [0.2, 0.25) is 0 Å². The van der Waals surface area contributed by atoms with E-state index in [1.807, 2.05) is 24.3 Å². The maximum absolute atomic E-state index is 5.73. The van der Waals surface area contributed by atoms with E-state index in [-0.39, 0.29) is 0 Å². The molecule has 1 saturated carbocycles. The van der Waals surface area contributed by atoms with E-state index in [4.69, 9.17) is 4.74 Å². The van der Waals surface area contributed by atoms with Gasteiger partial charge in [0.15, 0.2) is 0 Å². The SMILES string of the molecule is CCCCCOc1ccc(C#CC=CC2CCC(CCC)CC2)cc1. The standard InChI is InChI=1S/C24H34O/c1-3-5-8-20-25-24-18-16-23(17-19-24)11-7-6-10-22-14-12-21(9-4-2)13-15-22/h6,10,16-19,21-22H,3-5,8-9,12-15,20H2,1-2H3. The van der Waals surface area contributed by atoms with Gasteiger partial charge >= 0.3 is 0 Å². The quantitative estimate of drug-likeness (QED) is 0.375. The Balaban J connectivity index is 1.72. The van der Waals surface area contributed by atoms with E-state index in [1.165, 1.54) is 51.4 Å². The van der Waals surface area contributed by atoms with Crippen LogP contribution in [0.4, 0.5) is 0 Å². The molecular formula is C24H34O. The average Bonchev–Trinajstić information content (AvgIpc) is 2.65. The normalized spacial score (nSPS) is 20.2. The Hall–Kier alpha value is -1.68. The van der Waals surface area contributed by atoms with Gasteiger partial charge in [0, 0.05) is 5.56 Å². The first-order valence-corrected chi connectivity index (χ1v) is 10.2. The van der Waals surface area contributed by atoms with Crippen molar-refractivity contribution in [2.45, 2.75) is 71.6 Å². The highest BCUT2D eigenvalue weighted by Crippen LogP contribution is 2.32. The summed E-state index contributed by atoms with van der Waals surface area (Å²) in [5, 5.41) is 0. The van der Waals surface area contributed by atoms with Gasteiger partial charge < -0.3 is 4.74 Å². The maximum Gasteiger partial charge on any atom is 0.119 e. The summed E-state index contributed by atoms with van der Waals surface area (Å²) < 4.78 is 5.73. The zero-order valence-electron chi connectivity index (χ0n) is 16.1. The van der Waals surface area contributed by atoms with E-state index >= 15 is 0 Å². The van der Waals surface area contributed by atoms with Crippen molar-refractivity contribution in [2.75, 3.05) is 6.61 Å². The Morgan fingerprint density at radius 2 is 1.76 bits per heavy atom. The summed E-state index contributed by atoms with van der Waals surface area (Å²) in [4.78, 5) is 0. The van der Waals surface area contributed by atoms with Crippen LogP contribution >= 0.6 is 0 Å². The smallest absolute Gasteiger partial charge is 0.119 e. The minimum atomic E-state index is 0.737. The van der Waals surface area contributed by atoms with Crippen LogP contribution in [0.25, 0.3) is 0 Å². The Morgan fingerprint density at radius 1 is 1.00 bits per heavy atom. The Labute approximate surface area is 154 Å². The second kappa shape index (κ2) is 11.8. The number of benzene rings is 1. The number of rotatable bonds is 8. The van der Waals surface area contributed by atoms with Crippen molar-refractivity contribution in [1.29, 1.82) is 0 Å². The molecule has 0 N–H and O–H groups in total. The highest BCUT2D eigenvalue weighted by Gasteiger charge is 2.18. The van der Waals surface area contributed by atoms with E-state index < -0.39 is 0 Å². The van der Waals surface area contributed by atoms with Crippen LogP contribution in [-0.2, 0) is 0 Å². The molecule has 0 aromatic heterocycles. The molecule has 0 saturated heterocycles. The van der Waals surface area contributed by atoms with Crippen LogP contribution in [-0.4, -0.2) is 6.61 Å². The van der Waals surface area contributed by atoms with Crippen molar-refractivity contribution in [3.05, 3.63) is 42.0 Å². The van der Waals surface area contributed by atoms with Crippen molar-refractivity contribution in [3.8, 4) is 17.6 Å². The number of hydrogen-bond donors (Lipinski definition) is 0. The van der Waals surface area contributed by atoms with E-state index in [9.17, 15) is 0 Å². The molecule has 1 fully saturated rings. The van der Waals surface area contributed by atoms with Crippen LogP contribution in [0, 0.1) is 23.7 Å². The molecule has 0 heterocycles. The van der Waals surface area contributed by atoms with Crippen LogP contribution in [0.1, 0.15) is 77.2 Å². The zero-order chi connectivity index (χ0) is 17.7. The van der Waals surface area contributed by atoms with Gasteiger partial charge in [-0.3, -0.25) is 0 Å². The Kier molecular flexibility index (Phi) is 9.27. The van der Waals surface area contributed by atoms with E-state index in [0.717, 1.165) is 36.2 Å². The van der Waals surface area contributed by atoms with E-state index in [1.54, 1.807) is 0 Å². The summed E-state index contributed by atoms with van der Waals surface area (Å²) in [6.45, 7) is 5.31. The third-order valence-electron chi connectivity index (χ3n) is 5.13. The molecule has 0 spiro atoms. The number of allylic oxidation sites excluding steroid dienone is 2. The van der Waals surface area contributed by atoms with Crippen LogP contribution in [0.5, 0.6) is 5.75 Å². The molecule has 1 aliphatic rings. The monoisotopic (exact) mass is 338 g/mol. The molecule has 1 nitrogen and oxygen atoms in total. The minimum Gasteiger partial charge on any atom is -0.494 e. The van der Waals surface area contributed by atoms with Gasteiger partial charge in [0.05, 0.1) is 6.61 Å². The fourth-order valence-corrected chi connectivity index (χ4v) is 3.56. The summed E-state index contributed by atoms with van der Waals surface area (Å²) in [5.41, 5.74) is 1.05. The maximum atomic E-state index is 5.73. The predicted octanol–water partition coefficient (Wildman–Crippen LogP) is 6.77. The van der Waals surface area contributed by atoms with Gasteiger partial charge in [0.25, 0.3) is 0 Å². The highest BCUT2D eigenvalue weighted by molar-refractivity contribution is 5.40. The summed E-state index contributed by atoms with van der Waals surface area (Å²) >= 11 is 0. The first-order valence-electron chi connectivity index (χ1n) is 10.2. The second-order valence-electron chi connectivity index (χ2n) is 7.28. The number of hydrogen-bond acceptors (Lipinski definition) is 1. The van der Waals surface area contributed by atoms with Crippen LogP contribution in [0.15, 0.2) is 36.4 Å². The van der Waals surface area contributed by atoms with Crippen molar-refractivity contribution in [1.82, 2.24) is 0 Å². The van der Waals surface area contributed by atoms with E-state index in [0.29, 0.717) is 0 Å². The van der Waals surface area contributed by atoms with Crippen molar-refractivity contribution in [2.24, 2.45) is 11.8 Å².